The molecule has 2 aromatic carbocycles. The summed E-state index contributed by atoms with van der Waals surface area (Å²) >= 11 is 1.27. The Hall–Kier alpha value is -3.46. The van der Waals surface area contributed by atoms with Crippen LogP contribution < -0.4 is 5.32 Å². The van der Waals surface area contributed by atoms with Crippen molar-refractivity contribution in [2.24, 2.45) is 5.92 Å². The summed E-state index contributed by atoms with van der Waals surface area (Å²) in [5, 5.41) is 16.5. The van der Waals surface area contributed by atoms with Crippen molar-refractivity contribution in [3.63, 3.8) is 0 Å². The number of rotatable bonds is 8. The van der Waals surface area contributed by atoms with Crippen LogP contribution >= 0.6 is 11.8 Å². The highest BCUT2D eigenvalue weighted by Gasteiger charge is 2.19. The van der Waals surface area contributed by atoms with Crippen LogP contribution in [0.4, 0.5) is 10.2 Å². The van der Waals surface area contributed by atoms with Gasteiger partial charge in [-0.15, -0.1) is 10.2 Å². The molecule has 4 rings (SSSR count). The number of para-hydroxylation sites is 1. The summed E-state index contributed by atoms with van der Waals surface area (Å²) in [6, 6.07) is 17.9. The number of anilines is 1. The molecule has 0 saturated heterocycles. The van der Waals surface area contributed by atoms with Crippen LogP contribution in [0.2, 0.25) is 0 Å². The maximum atomic E-state index is 14.4. The van der Waals surface area contributed by atoms with Crippen molar-refractivity contribution in [3.05, 3.63) is 72.2 Å². The summed E-state index contributed by atoms with van der Waals surface area (Å²) in [6.45, 7) is 6.63. The molecule has 0 aliphatic heterocycles. The molecule has 0 radical (unpaired) electrons. The van der Waals surface area contributed by atoms with E-state index >= 15 is 0 Å². The zero-order valence-electron chi connectivity index (χ0n) is 18.7. The second-order valence-corrected chi connectivity index (χ2v) is 8.99. The molecule has 0 bridgehead atoms. The molecule has 1 amide bonds. The first-order valence-corrected chi connectivity index (χ1v) is 11.6. The lowest BCUT2D eigenvalue weighted by Gasteiger charge is -2.13. The topological polar surface area (TPSA) is 77.6 Å². The Morgan fingerprint density at radius 1 is 1.09 bits per heavy atom. The van der Waals surface area contributed by atoms with E-state index in [-0.39, 0.29) is 17.5 Å². The molecule has 170 valence electrons. The summed E-state index contributed by atoms with van der Waals surface area (Å²) in [4.78, 5) is 12.8. The van der Waals surface area contributed by atoms with Gasteiger partial charge in [-0.05, 0) is 37.1 Å². The van der Waals surface area contributed by atoms with Gasteiger partial charge in [-0.2, -0.15) is 5.10 Å². The molecule has 0 aliphatic rings. The van der Waals surface area contributed by atoms with Crippen LogP contribution in [0.25, 0.3) is 17.1 Å². The molecule has 0 fully saturated rings. The molecule has 0 atom stereocenters. The molecule has 0 spiro atoms. The van der Waals surface area contributed by atoms with E-state index in [0.717, 1.165) is 11.4 Å². The van der Waals surface area contributed by atoms with Crippen LogP contribution in [0.15, 0.2) is 65.8 Å². The number of thioether (sulfide) groups is 1. The molecule has 0 saturated carbocycles. The summed E-state index contributed by atoms with van der Waals surface area (Å²) in [6.07, 6.45) is 0. The number of hydrogen-bond acceptors (Lipinski definition) is 5. The summed E-state index contributed by atoms with van der Waals surface area (Å²) in [5.41, 5.74) is 2.05. The van der Waals surface area contributed by atoms with E-state index in [1.54, 1.807) is 22.9 Å². The van der Waals surface area contributed by atoms with E-state index in [2.05, 4.69) is 34.5 Å². The summed E-state index contributed by atoms with van der Waals surface area (Å²) < 4.78 is 18.0. The zero-order valence-corrected chi connectivity index (χ0v) is 19.5. The lowest BCUT2D eigenvalue weighted by molar-refractivity contribution is -0.113. The number of carbonyl (C=O) groups is 1. The third kappa shape index (κ3) is 5.31. The van der Waals surface area contributed by atoms with Gasteiger partial charge in [-0.25, -0.2) is 9.07 Å². The van der Waals surface area contributed by atoms with E-state index in [4.69, 9.17) is 0 Å². The minimum Gasteiger partial charge on any atom is -0.310 e. The van der Waals surface area contributed by atoms with Crippen LogP contribution in [0.3, 0.4) is 0 Å². The fraction of sp³-hybridized carbons (Fsp3) is 0.250. The molecule has 4 aromatic rings. The van der Waals surface area contributed by atoms with Crippen molar-refractivity contribution in [2.45, 2.75) is 32.5 Å². The van der Waals surface area contributed by atoms with Crippen molar-refractivity contribution in [2.75, 3.05) is 11.1 Å². The molecule has 2 aromatic heterocycles. The highest BCUT2D eigenvalue weighted by atomic mass is 32.2. The number of aryl methyl sites for hydroxylation is 1. The molecule has 0 aliphatic carbocycles. The van der Waals surface area contributed by atoms with Crippen molar-refractivity contribution in [1.29, 1.82) is 0 Å². The smallest absolute Gasteiger partial charge is 0.236 e. The van der Waals surface area contributed by atoms with E-state index in [0.29, 0.717) is 34.8 Å². The van der Waals surface area contributed by atoms with Crippen molar-refractivity contribution < 1.29 is 9.18 Å². The molecule has 33 heavy (non-hydrogen) atoms. The number of nitrogens with zero attached hydrogens (tertiary/aromatic N) is 5. The number of aromatic nitrogens is 5. The van der Waals surface area contributed by atoms with Gasteiger partial charge < -0.3 is 9.88 Å². The third-order valence-corrected chi connectivity index (χ3v) is 5.78. The molecular weight excluding hydrogens is 439 g/mol. The Morgan fingerprint density at radius 3 is 2.55 bits per heavy atom. The molecule has 9 heteroatoms. The molecule has 0 unspecified atom stereocenters. The zero-order chi connectivity index (χ0) is 23.4. The molecule has 2 heterocycles. The largest absolute Gasteiger partial charge is 0.310 e. The number of benzene rings is 2. The highest BCUT2D eigenvalue weighted by molar-refractivity contribution is 7.99. The van der Waals surface area contributed by atoms with Crippen molar-refractivity contribution >= 4 is 23.5 Å². The lowest BCUT2D eigenvalue weighted by atomic mass is 10.2. The Kier molecular flexibility index (Phi) is 6.88. The fourth-order valence-corrected chi connectivity index (χ4v) is 4.18. The quantitative estimate of drug-likeness (QED) is 0.373. The third-order valence-electron chi connectivity index (χ3n) is 4.81. The van der Waals surface area contributed by atoms with Crippen LogP contribution in [-0.4, -0.2) is 36.2 Å². The maximum Gasteiger partial charge on any atom is 0.236 e. The average Bonchev–Trinajstić information content (AvgIpc) is 3.35. The normalized spacial score (nSPS) is 11.2. The van der Waals surface area contributed by atoms with E-state index in [9.17, 15) is 9.18 Å². The highest BCUT2D eigenvalue weighted by Crippen LogP contribution is 2.27. The van der Waals surface area contributed by atoms with Gasteiger partial charge in [0.2, 0.25) is 5.91 Å². The molecule has 7 nitrogen and oxygen atoms in total. The van der Waals surface area contributed by atoms with E-state index in [1.165, 1.54) is 17.8 Å². The van der Waals surface area contributed by atoms with Crippen molar-refractivity contribution in [3.8, 4) is 17.1 Å². The monoisotopic (exact) mass is 464 g/mol. The Morgan fingerprint density at radius 2 is 1.82 bits per heavy atom. The van der Waals surface area contributed by atoms with Gasteiger partial charge in [-0.3, -0.25) is 4.79 Å². The minimum absolute atomic E-state index is 0.131. The predicted molar refractivity (Wildman–Crippen MR) is 128 cm³/mol. The lowest BCUT2D eigenvalue weighted by Crippen LogP contribution is -2.17. The predicted octanol–water partition coefficient (Wildman–Crippen LogP) is 4.97. The van der Waals surface area contributed by atoms with Crippen LogP contribution in [0, 0.1) is 18.7 Å². The standard InChI is InChI=1S/C24H25FN6OS/c1-16(2)14-30-23(19-11-7-8-12-20(19)25)27-28-24(30)33-15-22(32)26-21-13-17(3)29-31(21)18-9-5-4-6-10-18/h4-13,16H,14-15H2,1-3H3,(H,26,32). The fourth-order valence-electron chi connectivity index (χ4n) is 3.43. The van der Waals surface area contributed by atoms with Gasteiger partial charge >= 0.3 is 0 Å². The van der Waals surface area contributed by atoms with Crippen LogP contribution in [0.5, 0.6) is 0 Å². The minimum atomic E-state index is -0.353. The first-order valence-electron chi connectivity index (χ1n) is 10.6. The molecular formula is C24H25FN6OS. The van der Waals surface area contributed by atoms with Crippen molar-refractivity contribution in [1.82, 2.24) is 24.5 Å². The first-order chi connectivity index (χ1) is 15.9. The number of amides is 1. The Balaban J connectivity index is 1.51. The van der Waals surface area contributed by atoms with Gasteiger partial charge in [0.1, 0.15) is 11.6 Å². The Labute approximate surface area is 196 Å². The van der Waals surface area contributed by atoms with Gasteiger partial charge in [0.15, 0.2) is 11.0 Å². The number of nitrogens with one attached hydrogen (secondary N) is 1. The van der Waals surface area contributed by atoms with Crippen LogP contribution in [0.1, 0.15) is 19.5 Å². The van der Waals surface area contributed by atoms with Gasteiger partial charge in [0.05, 0.1) is 22.7 Å². The second-order valence-electron chi connectivity index (χ2n) is 8.05. The number of hydrogen-bond donors (Lipinski definition) is 1. The van der Waals surface area contributed by atoms with Gasteiger partial charge in [-0.1, -0.05) is 55.9 Å². The summed E-state index contributed by atoms with van der Waals surface area (Å²) in [5.74, 6) is 0.940. The SMILES string of the molecule is Cc1cc(NC(=O)CSc2nnc(-c3ccccc3F)n2CC(C)C)n(-c2ccccc2)n1. The van der Waals surface area contributed by atoms with E-state index in [1.807, 2.05) is 47.9 Å². The van der Waals surface area contributed by atoms with E-state index < -0.39 is 0 Å². The first kappa shape index (κ1) is 22.7. The van der Waals surface area contributed by atoms with Gasteiger partial charge in [0, 0.05) is 12.6 Å². The van der Waals surface area contributed by atoms with Crippen LogP contribution in [-0.2, 0) is 11.3 Å². The number of carbonyl (C=O) groups excluding carboxylic acids is 1. The molecule has 1 N–H and O–H groups in total. The number of halogens is 1. The van der Waals surface area contributed by atoms with Gasteiger partial charge in [0.25, 0.3) is 0 Å². The summed E-state index contributed by atoms with van der Waals surface area (Å²) in [7, 11) is 0. The Bertz CT molecular complexity index is 1250. The average molecular weight is 465 g/mol. The maximum absolute atomic E-state index is 14.4. The second kappa shape index (κ2) is 9.99.